The molecule has 0 unspecified atom stereocenters. The highest BCUT2D eigenvalue weighted by Gasteiger charge is 2.24. The summed E-state index contributed by atoms with van der Waals surface area (Å²) in [5, 5.41) is 14.0. The van der Waals surface area contributed by atoms with Crippen molar-refractivity contribution >= 4 is 22.5 Å². The smallest absolute Gasteiger partial charge is 0.255 e. The van der Waals surface area contributed by atoms with Crippen molar-refractivity contribution in [3.05, 3.63) is 83.9 Å². The van der Waals surface area contributed by atoms with Crippen LogP contribution in [0.15, 0.2) is 66.9 Å². The number of hydrogen-bond donors (Lipinski definition) is 1. The standard InChI is InChI=1S/C26H24FN5O2/c1-17(20-8-4-6-18-5-2-3-7-21(18)20)29-26(33)22-15-23(19-9-10-24(27)28-16-19)30-31-25(22)32-11-13-34-14-12-32/h2-10,15-17H,11-14H2,1H3,(H,29,33)/t17-/m0/s1. The molecule has 1 N–H and O–H groups in total. The average Bonchev–Trinajstić information content (AvgIpc) is 2.89. The molecule has 0 radical (unpaired) electrons. The van der Waals surface area contributed by atoms with Gasteiger partial charge in [-0.05, 0) is 41.5 Å². The van der Waals surface area contributed by atoms with Crippen molar-refractivity contribution in [1.29, 1.82) is 0 Å². The van der Waals surface area contributed by atoms with E-state index >= 15 is 0 Å². The number of pyridine rings is 1. The molecule has 8 heteroatoms. The molecule has 1 aliphatic heterocycles. The van der Waals surface area contributed by atoms with Gasteiger partial charge in [0.1, 0.15) is 0 Å². The van der Waals surface area contributed by atoms with Crippen LogP contribution in [0.1, 0.15) is 28.9 Å². The van der Waals surface area contributed by atoms with Gasteiger partial charge < -0.3 is 15.0 Å². The number of benzene rings is 2. The minimum absolute atomic E-state index is 0.236. The molecule has 1 atom stereocenters. The Bertz CT molecular complexity index is 1320. The molecular formula is C26H24FN5O2. The molecule has 0 bridgehead atoms. The lowest BCUT2D eigenvalue weighted by Crippen LogP contribution is -2.39. The molecule has 7 nitrogen and oxygen atoms in total. The lowest BCUT2D eigenvalue weighted by Gasteiger charge is -2.29. The summed E-state index contributed by atoms with van der Waals surface area (Å²) in [6, 6.07) is 18.5. The third-order valence-electron chi connectivity index (χ3n) is 5.99. The van der Waals surface area contributed by atoms with Crippen molar-refractivity contribution in [2.24, 2.45) is 0 Å². The Morgan fingerprint density at radius 3 is 2.65 bits per heavy atom. The summed E-state index contributed by atoms with van der Waals surface area (Å²) in [5.74, 6) is -0.332. The zero-order chi connectivity index (χ0) is 23.5. The number of carbonyl (C=O) groups is 1. The molecular weight excluding hydrogens is 433 g/mol. The van der Waals surface area contributed by atoms with Crippen LogP contribution in [0.2, 0.25) is 0 Å². The summed E-state index contributed by atoms with van der Waals surface area (Å²) in [6.45, 7) is 4.31. The third kappa shape index (κ3) is 4.45. The van der Waals surface area contributed by atoms with Crippen LogP contribution >= 0.6 is 0 Å². The van der Waals surface area contributed by atoms with Crippen LogP contribution < -0.4 is 10.2 Å². The highest BCUT2D eigenvalue weighted by Crippen LogP contribution is 2.27. The van der Waals surface area contributed by atoms with E-state index in [1.165, 1.54) is 12.3 Å². The molecule has 1 aliphatic rings. The fourth-order valence-corrected chi connectivity index (χ4v) is 4.21. The third-order valence-corrected chi connectivity index (χ3v) is 5.99. The first kappa shape index (κ1) is 21.9. The van der Waals surface area contributed by atoms with Gasteiger partial charge in [0.15, 0.2) is 5.82 Å². The maximum absolute atomic E-state index is 13.6. The molecule has 5 rings (SSSR count). The fourth-order valence-electron chi connectivity index (χ4n) is 4.21. The van der Waals surface area contributed by atoms with Gasteiger partial charge in [-0.1, -0.05) is 42.5 Å². The highest BCUT2D eigenvalue weighted by molar-refractivity contribution is 6.00. The second-order valence-corrected chi connectivity index (χ2v) is 8.20. The maximum Gasteiger partial charge on any atom is 0.255 e. The summed E-state index contributed by atoms with van der Waals surface area (Å²) in [7, 11) is 0. The van der Waals surface area contributed by atoms with Crippen LogP contribution in [0.4, 0.5) is 10.2 Å². The highest BCUT2D eigenvalue weighted by atomic mass is 19.1. The van der Waals surface area contributed by atoms with Crippen LogP contribution in [-0.4, -0.2) is 47.4 Å². The first-order valence-electron chi connectivity index (χ1n) is 11.2. The molecule has 0 aliphatic carbocycles. The predicted octanol–water partition coefficient (Wildman–Crippen LogP) is 4.16. The summed E-state index contributed by atoms with van der Waals surface area (Å²) in [6.07, 6.45) is 1.38. The van der Waals surface area contributed by atoms with E-state index in [9.17, 15) is 9.18 Å². The van der Waals surface area contributed by atoms with Crippen molar-refractivity contribution in [1.82, 2.24) is 20.5 Å². The Morgan fingerprint density at radius 1 is 1.06 bits per heavy atom. The Morgan fingerprint density at radius 2 is 1.85 bits per heavy atom. The van der Waals surface area contributed by atoms with Gasteiger partial charge in [0.05, 0.1) is 30.5 Å². The van der Waals surface area contributed by atoms with E-state index in [1.807, 2.05) is 36.1 Å². The van der Waals surface area contributed by atoms with E-state index < -0.39 is 5.95 Å². The van der Waals surface area contributed by atoms with E-state index in [2.05, 4.69) is 38.7 Å². The van der Waals surface area contributed by atoms with Gasteiger partial charge in [-0.2, -0.15) is 4.39 Å². The zero-order valence-corrected chi connectivity index (χ0v) is 18.7. The zero-order valence-electron chi connectivity index (χ0n) is 18.7. The number of amides is 1. The molecule has 2 aromatic carbocycles. The van der Waals surface area contributed by atoms with Crippen molar-refractivity contribution in [3.8, 4) is 11.3 Å². The number of hydrogen-bond acceptors (Lipinski definition) is 6. The van der Waals surface area contributed by atoms with Gasteiger partial charge in [-0.15, -0.1) is 10.2 Å². The van der Waals surface area contributed by atoms with E-state index in [-0.39, 0.29) is 11.9 Å². The summed E-state index contributed by atoms with van der Waals surface area (Å²) in [4.78, 5) is 19.3. The van der Waals surface area contributed by atoms with Crippen molar-refractivity contribution in [2.45, 2.75) is 13.0 Å². The Balaban J connectivity index is 1.49. The molecule has 2 aromatic heterocycles. The minimum Gasteiger partial charge on any atom is -0.378 e. The number of nitrogens with zero attached hydrogens (tertiary/aromatic N) is 4. The molecule has 0 spiro atoms. The number of nitrogens with one attached hydrogen (secondary N) is 1. The lowest BCUT2D eigenvalue weighted by molar-refractivity contribution is 0.0938. The van der Waals surface area contributed by atoms with Crippen molar-refractivity contribution in [2.75, 3.05) is 31.2 Å². The van der Waals surface area contributed by atoms with Crippen LogP contribution in [0.3, 0.4) is 0 Å². The molecule has 1 fully saturated rings. The topological polar surface area (TPSA) is 80.2 Å². The van der Waals surface area contributed by atoms with Crippen molar-refractivity contribution in [3.63, 3.8) is 0 Å². The Hall–Kier alpha value is -3.91. The van der Waals surface area contributed by atoms with Crippen LogP contribution in [0, 0.1) is 5.95 Å². The summed E-state index contributed by atoms with van der Waals surface area (Å²) in [5.41, 5.74) is 2.47. The normalized spacial score (nSPS) is 14.7. The Labute approximate surface area is 196 Å². The van der Waals surface area contributed by atoms with Gasteiger partial charge in [0, 0.05) is 24.8 Å². The minimum atomic E-state index is -0.580. The molecule has 1 saturated heterocycles. The Kier molecular flexibility index (Phi) is 6.14. The van der Waals surface area contributed by atoms with Crippen molar-refractivity contribution < 1.29 is 13.9 Å². The molecule has 4 aromatic rings. The van der Waals surface area contributed by atoms with E-state index in [0.717, 1.165) is 16.3 Å². The van der Waals surface area contributed by atoms with Gasteiger partial charge in [-0.25, -0.2) is 4.98 Å². The first-order chi connectivity index (χ1) is 16.6. The fraction of sp³-hybridized carbons (Fsp3) is 0.231. The average molecular weight is 458 g/mol. The number of aromatic nitrogens is 3. The molecule has 34 heavy (non-hydrogen) atoms. The molecule has 172 valence electrons. The van der Waals surface area contributed by atoms with Gasteiger partial charge >= 0.3 is 0 Å². The quantitative estimate of drug-likeness (QED) is 0.454. The lowest BCUT2D eigenvalue weighted by atomic mass is 9.99. The second-order valence-electron chi connectivity index (χ2n) is 8.20. The maximum atomic E-state index is 13.6. The van der Waals surface area contributed by atoms with Gasteiger partial charge in [0.2, 0.25) is 5.95 Å². The van der Waals surface area contributed by atoms with E-state index in [4.69, 9.17) is 4.74 Å². The van der Waals surface area contributed by atoms with Crippen LogP contribution in [0.25, 0.3) is 22.0 Å². The monoisotopic (exact) mass is 457 g/mol. The number of carbonyl (C=O) groups excluding carboxylic acids is 1. The SMILES string of the molecule is C[C@H](NC(=O)c1cc(-c2ccc(F)nc2)nnc1N1CCOCC1)c1cccc2ccccc12. The number of morpholine rings is 1. The van der Waals surface area contributed by atoms with Gasteiger partial charge in [0.25, 0.3) is 5.91 Å². The number of halogens is 1. The largest absolute Gasteiger partial charge is 0.378 e. The molecule has 0 saturated carbocycles. The van der Waals surface area contributed by atoms with Crippen LogP contribution in [-0.2, 0) is 4.74 Å². The summed E-state index contributed by atoms with van der Waals surface area (Å²) >= 11 is 0. The molecule has 1 amide bonds. The van der Waals surface area contributed by atoms with Gasteiger partial charge in [-0.3, -0.25) is 4.79 Å². The number of rotatable bonds is 5. The van der Waals surface area contributed by atoms with E-state index in [0.29, 0.717) is 48.9 Å². The summed E-state index contributed by atoms with van der Waals surface area (Å²) < 4.78 is 18.8. The van der Waals surface area contributed by atoms with E-state index in [1.54, 1.807) is 12.1 Å². The number of ether oxygens (including phenoxy) is 1. The van der Waals surface area contributed by atoms with Crippen LogP contribution in [0.5, 0.6) is 0 Å². The first-order valence-corrected chi connectivity index (χ1v) is 11.2. The number of anilines is 1. The molecule has 3 heterocycles. The second kappa shape index (κ2) is 9.52. The predicted molar refractivity (Wildman–Crippen MR) is 128 cm³/mol. The number of fused-ring (bicyclic) bond motifs is 1.